The molecule has 0 spiro atoms. The third-order valence-corrected chi connectivity index (χ3v) is 7.44. The Hall–Kier alpha value is -2.19. The van der Waals surface area contributed by atoms with Crippen LogP contribution in [-0.4, -0.2) is 35.9 Å². The van der Waals surface area contributed by atoms with Crippen LogP contribution in [0.4, 0.5) is 5.69 Å². The van der Waals surface area contributed by atoms with Gasteiger partial charge in [-0.3, -0.25) is 4.79 Å². The molecule has 0 radical (unpaired) electrons. The lowest BCUT2D eigenvalue weighted by molar-refractivity contribution is 0.102. The summed E-state index contributed by atoms with van der Waals surface area (Å²) in [6.07, 6.45) is 3.37. The monoisotopic (exact) mass is 405 g/mol. The van der Waals surface area contributed by atoms with Crippen LogP contribution in [0.25, 0.3) is 0 Å². The molecule has 1 aliphatic rings. The highest BCUT2D eigenvalue weighted by molar-refractivity contribution is 7.89. The lowest BCUT2D eigenvalue weighted by Crippen LogP contribution is -2.47. The van der Waals surface area contributed by atoms with Gasteiger partial charge in [0.25, 0.3) is 5.91 Å². The summed E-state index contributed by atoms with van der Waals surface area (Å²) in [5, 5.41) is 6.68. The summed E-state index contributed by atoms with van der Waals surface area (Å²) in [6.45, 7) is 7.50. The number of nitrogens with one attached hydrogen (secondary N) is 1. The first kappa shape index (κ1) is 20.5. The minimum Gasteiger partial charge on any atom is -0.361 e. The Morgan fingerprint density at radius 2 is 1.82 bits per heavy atom. The van der Waals surface area contributed by atoms with Gasteiger partial charge in [0, 0.05) is 17.8 Å². The van der Waals surface area contributed by atoms with E-state index >= 15 is 0 Å². The van der Waals surface area contributed by atoms with Crippen molar-refractivity contribution in [2.24, 2.45) is 0 Å². The first-order valence-electron chi connectivity index (χ1n) is 9.65. The molecular formula is C20H27N3O4S. The number of piperidine rings is 1. The number of aryl methyl sites for hydroxylation is 2. The van der Waals surface area contributed by atoms with E-state index in [4.69, 9.17) is 4.52 Å². The zero-order chi connectivity index (χ0) is 20.5. The quantitative estimate of drug-likeness (QED) is 0.818. The van der Waals surface area contributed by atoms with Crippen LogP contribution >= 0.6 is 0 Å². The van der Waals surface area contributed by atoms with Crippen molar-refractivity contribution in [2.75, 3.05) is 5.32 Å². The minimum atomic E-state index is -3.57. The molecule has 3 rings (SSSR count). The van der Waals surface area contributed by atoms with Crippen molar-refractivity contribution >= 4 is 21.6 Å². The van der Waals surface area contributed by atoms with Crippen LogP contribution in [0.2, 0.25) is 0 Å². The number of carbonyl (C=O) groups is 1. The first-order chi connectivity index (χ1) is 13.3. The van der Waals surface area contributed by atoms with Gasteiger partial charge >= 0.3 is 0 Å². The van der Waals surface area contributed by atoms with Gasteiger partial charge < -0.3 is 9.84 Å². The Balaban J connectivity index is 1.80. The normalized spacial score (nSPS) is 20.9. The van der Waals surface area contributed by atoms with Gasteiger partial charge in [-0.25, -0.2) is 8.42 Å². The van der Waals surface area contributed by atoms with Gasteiger partial charge in [-0.15, -0.1) is 0 Å². The fourth-order valence-corrected chi connectivity index (χ4v) is 5.73. The highest BCUT2D eigenvalue weighted by atomic mass is 32.2. The van der Waals surface area contributed by atoms with Crippen LogP contribution in [0.1, 0.15) is 61.8 Å². The van der Waals surface area contributed by atoms with E-state index in [1.807, 2.05) is 20.8 Å². The molecule has 2 atom stereocenters. The second-order valence-electron chi connectivity index (χ2n) is 7.36. The van der Waals surface area contributed by atoms with Crippen LogP contribution < -0.4 is 5.32 Å². The zero-order valence-electron chi connectivity index (χ0n) is 16.7. The summed E-state index contributed by atoms with van der Waals surface area (Å²) < 4.78 is 32.9. The highest BCUT2D eigenvalue weighted by Gasteiger charge is 2.35. The molecule has 1 aromatic carbocycles. The van der Waals surface area contributed by atoms with Gasteiger partial charge in [0.2, 0.25) is 10.0 Å². The standard InChI is InChI=1S/C20H27N3O4S/c1-5-18-19(15(4)27-22-18)20(24)21-16-9-11-17(12-10-16)28(25,26)23-13(2)7-6-8-14(23)3/h9-14H,5-8H2,1-4H3,(H,21,24)/t13-,14+. The SMILES string of the molecule is CCc1noc(C)c1C(=O)Nc1ccc(S(=O)(=O)N2[C@H](C)CCC[C@@H]2C)cc1. The molecule has 152 valence electrons. The topological polar surface area (TPSA) is 92.5 Å². The van der Waals surface area contributed by atoms with Crippen molar-refractivity contribution < 1.29 is 17.7 Å². The molecular weight excluding hydrogens is 378 g/mol. The average molecular weight is 406 g/mol. The maximum atomic E-state index is 13.1. The van der Waals surface area contributed by atoms with Crippen LogP contribution in [0, 0.1) is 6.92 Å². The second kappa shape index (κ2) is 8.05. The largest absolute Gasteiger partial charge is 0.361 e. The fraction of sp³-hybridized carbons (Fsp3) is 0.500. The van der Waals surface area contributed by atoms with E-state index in [0.717, 1.165) is 19.3 Å². The fourth-order valence-electron chi connectivity index (χ4n) is 3.85. The highest BCUT2D eigenvalue weighted by Crippen LogP contribution is 2.30. The van der Waals surface area contributed by atoms with E-state index < -0.39 is 10.0 Å². The average Bonchev–Trinajstić information content (AvgIpc) is 3.02. The molecule has 1 fully saturated rings. The van der Waals surface area contributed by atoms with Crippen LogP contribution in [0.15, 0.2) is 33.7 Å². The molecule has 1 aromatic heterocycles. The number of rotatable bonds is 5. The number of carbonyl (C=O) groups excluding carboxylic acids is 1. The number of sulfonamides is 1. The van der Waals surface area contributed by atoms with Gasteiger partial charge in [0.1, 0.15) is 11.3 Å². The molecule has 2 aromatic rings. The summed E-state index contributed by atoms with van der Waals surface area (Å²) in [4.78, 5) is 12.8. The summed E-state index contributed by atoms with van der Waals surface area (Å²) >= 11 is 0. The van der Waals surface area contributed by atoms with Crippen molar-refractivity contribution in [1.82, 2.24) is 9.46 Å². The van der Waals surface area contributed by atoms with Gasteiger partial charge in [-0.2, -0.15) is 4.31 Å². The Morgan fingerprint density at radius 1 is 1.21 bits per heavy atom. The van der Waals surface area contributed by atoms with Gasteiger partial charge in [-0.05, 0) is 64.3 Å². The van der Waals surface area contributed by atoms with E-state index in [1.54, 1.807) is 35.5 Å². The first-order valence-corrected chi connectivity index (χ1v) is 11.1. The molecule has 0 unspecified atom stereocenters. The maximum absolute atomic E-state index is 13.1. The van der Waals surface area contributed by atoms with Crippen molar-refractivity contribution in [2.45, 2.75) is 70.4 Å². The van der Waals surface area contributed by atoms with Crippen LogP contribution in [-0.2, 0) is 16.4 Å². The molecule has 8 heteroatoms. The van der Waals surface area contributed by atoms with Gasteiger partial charge in [-0.1, -0.05) is 18.5 Å². The molecule has 2 heterocycles. The Morgan fingerprint density at radius 3 is 2.39 bits per heavy atom. The number of anilines is 1. The summed E-state index contributed by atoms with van der Waals surface area (Å²) in [5.74, 6) is 0.145. The predicted octanol–water partition coefficient (Wildman–Crippen LogP) is 3.75. The molecule has 1 amide bonds. The van der Waals surface area contributed by atoms with E-state index in [2.05, 4.69) is 10.5 Å². The van der Waals surface area contributed by atoms with Gasteiger partial charge in [0.05, 0.1) is 10.6 Å². The summed E-state index contributed by atoms with van der Waals surface area (Å²) in [7, 11) is -3.57. The minimum absolute atomic E-state index is 0.0165. The number of hydrogen-bond donors (Lipinski definition) is 1. The summed E-state index contributed by atoms with van der Waals surface area (Å²) in [5.41, 5.74) is 1.55. The third-order valence-electron chi connectivity index (χ3n) is 5.30. The van der Waals surface area contributed by atoms with Crippen LogP contribution in [0.5, 0.6) is 0 Å². The van der Waals surface area contributed by atoms with Crippen LogP contribution in [0.3, 0.4) is 0 Å². The van der Waals surface area contributed by atoms with E-state index in [0.29, 0.717) is 29.1 Å². The summed E-state index contributed by atoms with van der Waals surface area (Å²) in [6, 6.07) is 6.27. The molecule has 1 N–H and O–H groups in total. The predicted molar refractivity (Wildman–Crippen MR) is 107 cm³/mol. The molecule has 0 saturated carbocycles. The van der Waals surface area contributed by atoms with Crippen molar-refractivity contribution in [3.8, 4) is 0 Å². The Labute approximate surface area is 166 Å². The third kappa shape index (κ3) is 3.84. The molecule has 28 heavy (non-hydrogen) atoms. The lowest BCUT2D eigenvalue weighted by Gasteiger charge is -2.37. The Kier molecular flexibility index (Phi) is 5.90. The smallest absolute Gasteiger partial charge is 0.261 e. The van der Waals surface area contributed by atoms with Gasteiger partial charge in [0.15, 0.2) is 0 Å². The number of aromatic nitrogens is 1. The molecule has 1 saturated heterocycles. The molecule has 7 nitrogen and oxygen atoms in total. The number of benzene rings is 1. The zero-order valence-corrected chi connectivity index (χ0v) is 17.5. The number of amides is 1. The van der Waals surface area contributed by atoms with Crippen molar-refractivity contribution in [3.05, 3.63) is 41.3 Å². The number of hydrogen-bond acceptors (Lipinski definition) is 5. The number of nitrogens with zero attached hydrogens (tertiary/aromatic N) is 2. The van der Waals surface area contributed by atoms with E-state index in [1.165, 1.54) is 0 Å². The molecule has 0 bridgehead atoms. The molecule has 1 aliphatic heterocycles. The molecule has 0 aliphatic carbocycles. The van der Waals surface area contributed by atoms with E-state index in [9.17, 15) is 13.2 Å². The second-order valence-corrected chi connectivity index (χ2v) is 9.20. The lowest BCUT2D eigenvalue weighted by atomic mass is 10.0. The Bertz CT molecular complexity index is 940. The maximum Gasteiger partial charge on any atom is 0.261 e. The van der Waals surface area contributed by atoms with E-state index in [-0.39, 0.29) is 22.9 Å². The van der Waals surface area contributed by atoms with Crippen molar-refractivity contribution in [1.29, 1.82) is 0 Å². The van der Waals surface area contributed by atoms with Crippen molar-refractivity contribution in [3.63, 3.8) is 0 Å².